The monoisotopic (exact) mass is 253 g/mol. The van der Waals surface area contributed by atoms with Crippen LogP contribution in [-0.2, 0) is 6.54 Å². The van der Waals surface area contributed by atoms with Crippen molar-refractivity contribution in [3.63, 3.8) is 0 Å². The number of nitrogens with one attached hydrogen (secondary N) is 1. The SMILES string of the molecule is CN(Cc1cccnc1NN)c1cccc(C#N)c1. The van der Waals surface area contributed by atoms with E-state index in [0.29, 0.717) is 17.9 Å². The lowest BCUT2D eigenvalue weighted by molar-refractivity contribution is 0.914. The summed E-state index contributed by atoms with van der Waals surface area (Å²) in [4.78, 5) is 6.20. The zero-order chi connectivity index (χ0) is 13.7. The lowest BCUT2D eigenvalue weighted by atomic mass is 10.2. The maximum Gasteiger partial charge on any atom is 0.144 e. The molecule has 0 fully saturated rings. The lowest BCUT2D eigenvalue weighted by Gasteiger charge is -2.20. The van der Waals surface area contributed by atoms with Gasteiger partial charge in [-0.25, -0.2) is 10.8 Å². The Bertz CT molecular complexity index is 603. The molecule has 0 saturated heterocycles. The molecule has 0 spiro atoms. The van der Waals surface area contributed by atoms with Crippen molar-refractivity contribution in [3.8, 4) is 6.07 Å². The molecule has 2 rings (SSSR count). The zero-order valence-corrected chi connectivity index (χ0v) is 10.7. The van der Waals surface area contributed by atoms with E-state index in [4.69, 9.17) is 11.1 Å². The number of anilines is 2. The third kappa shape index (κ3) is 3.00. The first-order chi connectivity index (χ1) is 9.24. The molecule has 96 valence electrons. The van der Waals surface area contributed by atoms with Gasteiger partial charge in [0.05, 0.1) is 11.6 Å². The Morgan fingerprint density at radius 1 is 1.37 bits per heavy atom. The van der Waals surface area contributed by atoms with Gasteiger partial charge in [0.2, 0.25) is 0 Å². The predicted molar refractivity (Wildman–Crippen MR) is 75.3 cm³/mol. The second-order valence-corrected chi connectivity index (χ2v) is 4.17. The van der Waals surface area contributed by atoms with E-state index in [1.807, 2.05) is 42.3 Å². The number of aromatic nitrogens is 1. The molecule has 0 aliphatic heterocycles. The van der Waals surface area contributed by atoms with Gasteiger partial charge in [0.25, 0.3) is 0 Å². The van der Waals surface area contributed by atoms with Crippen molar-refractivity contribution in [2.75, 3.05) is 17.4 Å². The van der Waals surface area contributed by atoms with Crippen molar-refractivity contribution < 1.29 is 0 Å². The van der Waals surface area contributed by atoms with E-state index in [2.05, 4.69) is 16.5 Å². The van der Waals surface area contributed by atoms with E-state index >= 15 is 0 Å². The fraction of sp³-hybridized carbons (Fsp3) is 0.143. The molecule has 3 N–H and O–H groups in total. The third-order valence-electron chi connectivity index (χ3n) is 2.85. The molecule has 0 amide bonds. The Balaban J connectivity index is 2.21. The van der Waals surface area contributed by atoms with Crippen molar-refractivity contribution in [1.29, 1.82) is 5.26 Å². The number of hydrogen-bond donors (Lipinski definition) is 2. The largest absolute Gasteiger partial charge is 0.370 e. The van der Waals surface area contributed by atoms with Gasteiger partial charge < -0.3 is 10.3 Å². The number of hydrogen-bond acceptors (Lipinski definition) is 5. The molecule has 0 unspecified atom stereocenters. The molecule has 1 aromatic heterocycles. The maximum absolute atomic E-state index is 8.91. The molecule has 5 heteroatoms. The topological polar surface area (TPSA) is 78.0 Å². The minimum Gasteiger partial charge on any atom is -0.370 e. The Morgan fingerprint density at radius 3 is 2.95 bits per heavy atom. The van der Waals surface area contributed by atoms with Crippen LogP contribution in [0.1, 0.15) is 11.1 Å². The van der Waals surface area contributed by atoms with Gasteiger partial charge in [0.1, 0.15) is 5.82 Å². The van der Waals surface area contributed by atoms with Gasteiger partial charge in [-0.15, -0.1) is 0 Å². The predicted octanol–water partition coefficient (Wildman–Crippen LogP) is 1.88. The fourth-order valence-electron chi connectivity index (χ4n) is 1.86. The summed E-state index contributed by atoms with van der Waals surface area (Å²) in [5, 5.41) is 8.91. The molecule has 1 aromatic carbocycles. The van der Waals surface area contributed by atoms with Crippen molar-refractivity contribution in [1.82, 2.24) is 4.98 Å². The van der Waals surface area contributed by atoms with Crippen LogP contribution in [0.15, 0.2) is 42.6 Å². The summed E-state index contributed by atoms with van der Waals surface area (Å²) in [6.07, 6.45) is 1.69. The zero-order valence-electron chi connectivity index (χ0n) is 10.7. The van der Waals surface area contributed by atoms with E-state index in [1.54, 1.807) is 12.3 Å². The highest BCUT2D eigenvalue weighted by Gasteiger charge is 2.07. The number of nitrogens with two attached hydrogens (primary N) is 1. The minimum absolute atomic E-state index is 0.646. The van der Waals surface area contributed by atoms with Crippen LogP contribution in [0.25, 0.3) is 0 Å². The summed E-state index contributed by atoms with van der Waals surface area (Å²) in [5.41, 5.74) is 5.20. The Labute approximate surface area is 112 Å². The van der Waals surface area contributed by atoms with Gasteiger partial charge >= 0.3 is 0 Å². The highest BCUT2D eigenvalue weighted by atomic mass is 15.3. The summed E-state index contributed by atoms with van der Waals surface area (Å²) in [7, 11) is 1.96. The standard InChI is InChI=1S/C14H15N5/c1-19(13-6-2-4-11(8-13)9-15)10-12-5-3-7-17-14(12)18-16/h2-8H,10,16H2,1H3,(H,17,18). The van der Waals surface area contributed by atoms with Crippen LogP contribution in [0.2, 0.25) is 0 Å². The van der Waals surface area contributed by atoms with Gasteiger partial charge in [0.15, 0.2) is 0 Å². The fourth-order valence-corrected chi connectivity index (χ4v) is 1.86. The number of pyridine rings is 1. The van der Waals surface area contributed by atoms with Gasteiger partial charge in [-0.3, -0.25) is 0 Å². The molecular weight excluding hydrogens is 238 g/mol. The normalized spacial score (nSPS) is 9.74. The summed E-state index contributed by atoms with van der Waals surface area (Å²) < 4.78 is 0. The molecule has 2 aromatic rings. The average molecular weight is 253 g/mol. The van der Waals surface area contributed by atoms with Crippen molar-refractivity contribution >= 4 is 11.5 Å². The molecule has 0 bridgehead atoms. The number of nitrogen functional groups attached to an aromatic ring is 1. The smallest absolute Gasteiger partial charge is 0.144 e. The van der Waals surface area contributed by atoms with Crippen LogP contribution < -0.4 is 16.2 Å². The van der Waals surface area contributed by atoms with Crippen molar-refractivity contribution in [3.05, 3.63) is 53.7 Å². The number of nitriles is 1. The van der Waals surface area contributed by atoms with Crippen LogP contribution in [-0.4, -0.2) is 12.0 Å². The average Bonchev–Trinajstić information content (AvgIpc) is 2.47. The molecule has 1 heterocycles. The Hall–Kier alpha value is -2.58. The van der Waals surface area contributed by atoms with Crippen molar-refractivity contribution in [2.45, 2.75) is 6.54 Å². The summed E-state index contributed by atoms with van der Waals surface area (Å²) in [6.45, 7) is 0.655. The van der Waals surface area contributed by atoms with E-state index in [1.165, 1.54) is 0 Å². The van der Waals surface area contributed by atoms with Gasteiger partial charge in [-0.2, -0.15) is 5.26 Å². The Kier molecular flexibility index (Phi) is 3.96. The Morgan fingerprint density at radius 2 is 2.21 bits per heavy atom. The van der Waals surface area contributed by atoms with Crippen LogP contribution >= 0.6 is 0 Å². The van der Waals surface area contributed by atoms with Crippen LogP contribution in [0.4, 0.5) is 11.5 Å². The molecule has 19 heavy (non-hydrogen) atoms. The van der Waals surface area contributed by atoms with Crippen LogP contribution in [0.5, 0.6) is 0 Å². The first kappa shape index (κ1) is 12.9. The molecule has 0 radical (unpaired) electrons. The van der Waals surface area contributed by atoms with Crippen LogP contribution in [0.3, 0.4) is 0 Å². The van der Waals surface area contributed by atoms with E-state index < -0.39 is 0 Å². The van der Waals surface area contributed by atoms with Gasteiger partial charge in [-0.05, 0) is 24.3 Å². The highest BCUT2D eigenvalue weighted by Crippen LogP contribution is 2.19. The molecule has 0 saturated carbocycles. The van der Waals surface area contributed by atoms with Crippen molar-refractivity contribution in [2.24, 2.45) is 5.84 Å². The molecule has 5 nitrogen and oxygen atoms in total. The minimum atomic E-state index is 0.646. The molecule has 0 aliphatic carbocycles. The third-order valence-corrected chi connectivity index (χ3v) is 2.85. The summed E-state index contributed by atoms with van der Waals surface area (Å²) >= 11 is 0. The first-order valence-electron chi connectivity index (χ1n) is 5.86. The number of nitrogens with zero attached hydrogens (tertiary/aromatic N) is 3. The van der Waals surface area contributed by atoms with E-state index in [9.17, 15) is 0 Å². The maximum atomic E-state index is 8.91. The van der Waals surface area contributed by atoms with Crippen LogP contribution in [0, 0.1) is 11.3 Å². The van der Waals surface area contributed by atoms with Gasteiger partial charge in [-0.1, -0.05) is 12.1 Å². The molecular formula is C14H15N5. The van der Waals surface area contributed by atoms with E-state index in [0.717, 1.165) is 11.3 Å². The van der Waals surface area contributed by atoms with E-state index in [-0.39, 0.29) is 0 Å². The second-order valence-electron chi connectivity index (χ2n) is 4.17. The quantitative estimate of drug-likeness (QED) is 0.642. The number of rotatable bonds is 4. The molecule has 0 aliphatic rings. The summed E-state index contributed by atoms with van der Waals surface area (Å²) in [5.74, 6) is 6.09. The van der Waals surface area contributed by atoms with Gasteiger partial charge in [0, 0.05) is 31.0 Å². The number of benzene rings is 1. The second kappa shape index (κ2) is 5.85. The first-order valence-corrected chi connectivity index (χ1v) is 5.86. The highest BCUT2D eigenvalue weighted by molar-refractivity contribution is 5.53. The number of hydrazine groups is 1. The lowest BCUT2D eigenvalue weighted by Crippen LogP contribution is -2.19. The molecule has 0 atom stereocenters. The summed E-state index contributed by atoms with van der Waals surface area (Å²) in [6, 6.07) is 13.4.